The molecule has 1 aliphatic heterocycles. The molecular formula is C30H34FN2O5+. The highest BCUT2D eigenvalue weighted by atomic mass is 19.1. The van der Waals surface area contributed by atoms with E-state index in [1.54, 1.807) is 6.07 Å². The normalized spacial score (nSPS) is 29.6. The van der Waals surface area contributed by atoms with Gasteiger partial charge in [0.05, 0.1) is 12.5 Å². The number of carbonyl (C=O) groups is 3. The molecule has 6 rings (SSSR count). The maximum absolute atomic E-state index is 14.9. The van der Waals surface area contributed by atoms with Gasteiger partial charge in [-0.25, -0.2) is 4.39 Å². The fourth-order valence-corrected chi connectivity index (χ4v) is 7.88. The average molecular weight is 522 g/mol. The van der Waals surface area contributed by atoms with Crippen molar-refractivity contribution in [2.45, 2.75) is 88.4 Å². The molecule has 7 nitrogen and oxygen atoms in total. The molecule has 4 aliphatic rings. The van der Waals surface area contributed by atoms with E-state index in [9.17, 15) is 29.0 Å². The lowest BCUT2D eigenvalue weighted by Gasteiger charge is -2.53. The van der Waals surface area contributed by atoms with Crippen LogP contribution in [0.4, 0.5) is 14.9 Å². The molecule has 5 atom stereocenters. The van der Waals surface area contributed by atoms with Crippen LogP contribution in [-0.4, -0.2) is 51.2 Å². The zero-order chi connectivity index (χ0) is 26.6. The third-order valence-corrected chi connectivity index (χ3v) is 9.46. The molecule has 2 N–H and O–H groups in total. The highest BCUT2D eigenvalue weighted by Crippen LogP contribution is 2.57. The molecule has 2 aromatic rings. The number of carboxylic acids is 1. The summed E-state index contributed by atoms with van der Waals surface area (Å²) < 4.78 is 14.7. The van der Waals surface area contributed by atoms with Crippen molar-refractivity contribution in [1.82, 2.24) is 9.38 Å². The Labute approximate surface area is 221 Å². The predicted octanol–water partition coefficient (Wildman–Crippen LogP) is 5.45. The zero-order valence-electron chi connectivity index (χ0n) is 21.4. The third-order valence-electron chi connectivity index (χ3n) is 9.46. The van der Waals surface area contributed by atoms with Crippen molar-refractivity contribution in [3.05, 3.63) is 65.0 Å². The third kappa shape index (κ3) is 3.92. The minimum absolute atomic E-state index is 0.00921. The van der Waals surface area contributed by atoms with Gasteiger partial charge in [-0.3, -0.25) is 9.59 Å². The van der Waals surface area contributed by atoms with Crippen LogP contribution in [0.5, 0.6) is 0 Å². The Kier molecular flexibility index (Phi) is 6.25. The molecule has 2 unspecified atom stereocenters. The molecule has 2 amide bonds. The molecule has 0 bridgehead atoms. The number of fused-ring (bicyclic) bond motifs is 3. The fraction of sp³-hybridized carbons (Fsp3) is 0.500. The summed E-state index contributed by atoms with van der Waals surface area (Å²) >= 11 is 0. The number of quaternary nitrogens is 1. The molecule has 3 aliphatic carbocycles. The van der Waals surface area contributed by atoms with Gasteiger partial charge in [-0.15, -0.1) is 0 Å². The molecule has 0 aromatic heterocycles. The van der Waals surface area contributed by atoms with Gasteiger partial charge in [0.15, 0.2) is 0 Å². The van der Waals surface area contributed by atoms with E-state index in [1.807, 2.05) is 17.0 Å². The summed E-state index contributed by atoms with van der Waals surface area (Å²) in [6.07, 6.45) is 4.88. The number of hydrogen-bond donors (Lipinski definition) is 2. The van der Waals surface area contributed by atoms with Crippen molar-refractivity contribution >= 4 is 23.7 Å². The summed E-state index contributed by atoms with van der Waals surface area (Å²) in [5.41, 5.74) is 3.61. The van der Waals surface area contributed by atoms with Gasteiger partial charge in [0.1, 0.15) is 23.6 Å². The quantitative estimate of drug-likeness (QED) is 0.493. The molecule has 1 heterocycles. The first-order valence-electron chi connectivity index (χ1n) is 13.8. The predicted molar refractivity (Wildman–Crippen MR) is 139 cm³/mol. The van der Waals surface area contributed by atoms with E-state index in [2.05, 4.69) is 12.1 Å². The van der Waals surface area contributed by atoms with Gasteiger partial charge in [0, 0.05) is 49.3 Å². The van der Waals surface area contributed by atoms with Crippen LogP contribution >= 0.6 is 0 Å². The number of aliphatic carboxylic acids is 1. The molecule has 0 saturated heterocycles. The molecule has 2 saturated carbocycles. The van der Waals surface area contributed by atoms with Crippen molar-refractivity contribution in [3.63, 3.8) is 0 Å². The first-order chi connectivity index (χ1) is 18.3. The van der Waals surface area contributed by atoms with Gasteiger partial charge in [0.2, 0.25) is 5.91 Å². The maximum atomic E-state index is 14.9. The molecule has 0 radical (unpaired) electrons. The van der Waals surface area contributed by atoms with E-state index in [0.29, 0.717) is 17.7 Å². The minimum atomic E-state index is -1.03. The Hall–Kier alpha value is -3.26. The lowest BCUT2D eigenvalue weighted by atomic mass is 9.76. The molecule has 0 spiro atoms. The lowest BCUT2D eigenvalue weighted by molar-refractivity contribution is -0.143. The van der Waals surface area contributed by atoms with Gasteiger partial charge < -0.3 is 15.1 Å². The van der Waals surface area contributed by atoms with E-state index in [0.717, 1.165) is 44.9 Å². The number of carbonyl (C=O) groups excluding carboxylic acids is 1. The van der Waals surface area contributed by atoms with Crippen molar-refractivity contribution in [1.29, 1.82) is 0 Å². The fourth-order valence-electron chi connectivity index (χ4n) is 7.88. The Morgan fingerprint density at radius 3 is 2.42 bits per heavy atom. The first-order valence-corrected chi connectivity index (χ1v) is 13.8. The summed E-state index contributed by atoms with van der Waals surface area (Å²) in [5.74, 6) is -1.84. The van der Waals surface area contributed by atoms with Crippen LogP contribution in [-0.2, 0) is 22.4 Å². The summed E-state index contributed by atoms with van der Waals surface area (Å²) in [4.78, 5) is 40.1. The summed E-state index contributed by atoms with van der Waals surface area (Å²) in [6, 6.07) is 11.8. The van der Waals surface area contributed by atoms with Crippen molar-refractivity contribution in [2.24, 2.45) is 5.92 Å². The van der Waals surface area contributed by atoms with Crippen LogP contribution in [0, 0.1) is 11.7 Å². The zero-order valence-corrected chi connectivity index (χ0v) is 21.4. The van der Waals surface area contributed by atoms with Crippen molar-refractivity contribution < 1.29 is 29.0 Å². The summed E-state index contributed by atoms with van der Waals surface area (Å²) in [5, 5.41) is 20.3. The maximum Gasteiger partial charge on any atom is 0.519 e. The number of nitrogens with zero attached hydrogens (tertiary/aromatic N) is 2. The highest BCUT2D eigenvalue weighted by Gasteiger charge is 2.64. The SMILES string of the molecule is O=C(O)CCC(=O)N(C1CC1)[C@H]1c2cc(F)ccc2[N+](C(=O)O)(C2CCc3ccccc3C2)[C@H]2CCC[C@H]12. The van der Waals surface area contributed by atoms with Crippen LogP contribution in [0.1, 0.15) is 74.1 Å². The van der Waals surface area contributed by atoms with Gasteiger partial charge in [-0.05, 0) is 55.4 Å². The van der Waals surface area contributed by atoms with E-state index in [4.69, 9.17) is 0 Å². The monoisotopic (exact) mass is 521 g/mol. The molecule has 200 valence electrons. The van der Waals surface area contributed by atoms with Crippen LogP contribution in [0.25, 0.3) is 0 Å². The number of carboxylic acid groups (broad SMARTS) is 2. The van der Waals surface area contributed by atoms with Gasteiger partial charge in [-0.1, -0.05) is 24.3 Å². The summed E-state index contributed by atoms with van der Waals surface area (Å²) in [7, 11) is 0. The van der Waals surface area contributed by atoms with Gasteiger partial charge in [0.25, 0.3) is 0 Å². The molecule has 8 heteroatoms. The molecule has 2 aromatic carbocycles. The van der Waals surface area contributed by atoms with Crippen LogP contribution in [0.15, 0.2) is 42.5 Å². The number of halogens is 1. The molecular weight excluding hydrogens is 487 g/mol. The number of aryl methyl sites for hydroxylation is 1. The van der Waals surface area contributed by atoms with E-state index in [-0.39, 0.29) is 47.3 Å². The second-order valence-electron chi connectivity index (χ2n) is 11.5. The van der Waals surface area contributed by atoms with Crippen LogP contribution in [0.3, 0.4) is 0 Å². The highest BCUT2D eigenvalue weighted by molar-refractivity contribution is 5.86. The largest absolute Gasteiger partial charge is 0.519 e. The van der Waals surface area contributed by atoms with Gasteiger partial charge >= 0.3 is 12.1 Å². The minimum Gasteiger partial charge on any atom is -0.481 e. The van der Waals surface area contributed by atoms with Gasteiger partial charge in [-0.2, -0.15) is 9.28 Å². The molecule has 38 heavy (non-hydrogen) atoms. The van der Waals surface area contributed by atoms with E-state index in [1.165, 1.54) is 23.3 Å². The Morgan fingerprint density at radius 1 is 0.947 bits per heavy atom. The number of hydrogen-bond acceptors (Lipinski definition) is 3. The standard InChI is InChI=1S/C30H33FN2O5/c31-20-9-13-26-24(17-20)29(32(21-10-11-21)27(34)14-15-28(35)36)23-6-3-7-25(23)33(26,30(37)38)22-12-8-18-4-1-2-5-19(18)16-22/h1-2,4-5,9,13,17,21-23,25,29H,3,6-8,10-12,14-16H2,(H-,35,36,37,38)/p+1/t22?,23-,25-,29+,33?/m0/s1. The first kappa shape index (κ1) is 25.0. The smallest absolute Gasteiger partial charge is 0.481 e. The number of benzene rings is 2. The Morgan fingerprint density at radius 2 is 1.71 bits per heavy atom. The number of amides is 2. The topological polar surface area (TPSA) is 94.9 Å². The summed E-state index contributed by atoms with van der Waals surface area (Å²) in [6.45, 7) is 0. The second-order valence-corrected chi connectivity index (χ2v) is 11.5. The lowest BCUT2D eigenvalue weighted by Crippen LogP contribution is -2.71. The molecule has 2 fully saturated rings. The van der Waals surface area contributed by atoms with Crippen LogP contribution < -0.4 is 4.48 Å². The van der Waals surface area contributed by atoms with Crippen LogP contribution in [0.2, 0.25) is 0 Å². The Balaban J connectivity index is 1.50. The van der Waals surface area contributed by atoms with E-state index < -0.39 is 23.9 Å². The second kappa shape index (κ2) is 9.49. The van der Waals surface area contributed by atoms with E-state index >= 15 is 0 Å². The number of rotatable bonds is 6. The van der Waals surface area contributed by atoms with Crippen molar-refractivity contribution in [3.8, 4) is 0 Å². The van der Waals surface area contributed by atoms with Crippen molar-refractivity contribution in [2.75, 3.05) is 0 Å². The Bertz CT molecular complexity index is 1290. The average Bonchev–Trinajstić information content (AvgIpc) is 3.62.